The molecule has 0 spiro atoms. The van der Waals surface area contributed by atoms with Gasteiger partial charge in [0.25, 0.3) is 0 Å². The number of pyridine rings is 1. The van der Waals surface area contributed by atoms with Gasteiger partial charge in [-0.2, -0.15) is 0 Å². The maximum atomic E-state index is 13.7. The highest BCUT2D eigenvalue weighted by Crippen LogP contribution is 2.17. The summed E-state index contributed by atoms with van der Waals surface area (Å²) in [5, 5.41) is 0. The first kappa shape index (κ1) is 12.4. The maximum Gasteiger partial charge on any atom is 0.214 e. The van der Waals surface area contributed by atoms with Crippen molar-refractivity contribution in [3.05, 3.63) is 64.7 Å². The van der Waals surface area contributed by atoms with Gasteiger partial charge in [0.1, 0.15) is 11.5 Å². The average Bonchev–Trinajstić information content (AvgIpc) is 2.40. The van der Waals surface area contributed by atoms with Crippen LogP contribution in [-0.2, 0) is 6.42 Å². The molecule has 18 heavy (non-hydrogen) atoms. The van der Waals surface area contributed by atoms with E-state index in [4.69, 9.17) is 0 Å². The third-order valence-corrected chi connectivity index (χ3v) is 2.85. The molecule has 0 fully saturated rings. The van der Waals surface area contributed by atoms with Crippen LogP contribution in [0.5, 0.6) is 0 Å². The van der Waals surface area contributed by atoms with E-state index in [1.807, 2.05) is 19.9 Å². The van der Waals surface area contributed by atoms with Crippen LogP contribution in [0.4, 0.5) is 4.39 Å². The molecular formula is C15H14FNO. The van der Waals surface area contributed by atoms with Crippen LogP contribution in [-0.4, -0.2) is 10.8 Å². The number of hydrogen-bond acceptors (Lipinski definition) is 2. The number of nitrogens with zero attached hydrogens (tertiary/aromatic N) is 1. The van der Waals surface area contributed by atoms with E-state index in [1.54, 1.807) is 24.4 Å². The van der Waals surface area contributed by atoms with Gasteiger partial charge in [-0.05, 0) is 37.1 Å². The Kier molecular flexibility index (Phi) is 3.51. The standard InChI is InChI=1S/C15H14FNO/c1-3-11-5-4-8-17-14(11)15(18)12-9-10(2)6-7-13(12)16/h4-9H,3H2,1-2H3. The van der Waals surface area contributed by atoms with Gasteiger partial charge in [-0.1, -0.05) is 24.6 Å². The first-order valence-electron chi connectivity index (χ1n) is 5.88. The molecule has 0 atom stereocenters. The number of halogens is 1. The fourth-order valence-corrected chi connectivity index (χ4v) is 1.87. The summed E-state index contributed by atoms with van der Waals surface area (Å²) in [7, 11) is 0. The van der Waals surface area contributed by atoms with E-state index >= 15 is 0 Å². The lowest BCUT2D eigenvalue weighted by Crippen LogP contribution is -2.10. The Balaban J connectivity index is 2.51. The summed E-state index contributed by atoms with van der Waals surface area (Å²) in [6, 6.07) is 8.14. The number of benzene rings is 1. The number of ketones is 1. The van der Waals surface area contributed by atoms with E-state index in [0.717, 1.165) is 11.1 Å². The second kappa shape index (κ2) is 5.08. The predicted octanol–water partition coefficient (Wildman–Crippen LogP) is 3.32. The molecular weight excluding hydrogens is 229 g/mol. The van der Waals surface area contributed by atoms with Crippen LogP contribution in [0.25, 0.3) is 0 Å². The molecule has 3 heteroatoms. The van der Waals surface area contributed by atoms with E-state index in [0.29, 0.717) is 12.1 Å². The highest BCUT2D eigenvalue weighted by Gasteiger charge is 2.17. The van der Waals surface area contributed by atoms with Gasteiger partial charge < -0.3 is 0 Å². The summed E-state index contributed by atoms with van der Waals surface area (Å²) in [6.07, 6.45) is 2.25. The van der Waals surface area contributed by atoms with Crippen LogP contribution in [0.1, 0.15) is 34.1 Å². The van der Waals surface area contributed by atoms with Gasteiger partial charge in [0.15, 0.2) is 0 Å². The van der Waals surface area contributed by atoms with E-state index in [9.17, 15) is 9.18 Å². The van der Waals surface area contributed by atoms with Crippen molar-refractivity contribution in [1.29, 1.82) is 0 Å². The number of aryl methyl sites for hydroxylation is 2. The van der Waals surface area contributed by atoms with Crippen molar-refractivity contribution in [2.45, 2.75) is 20.3 Å². The molecule has 0 aliphatic heterocycles. The SMILES string of the molecule is CCc1cccnc1C(=O)c1cc(C)ccc1F. The topological polar surface area (TPSA) is 30.0 Å². The predicted molar refractivity (Wildman–Crippen MR) is 68.2 cm³/mol. The largest absolute Gasteiger partial charge is 0.287 e. The van der Waals surface area contributed by atoms with Gasteiger partial charge in [0.05, 0.1) is 5.56 Å². The molecule has 2 nitrogen and oxygen atoms in total. The van der Waals surface area contributed by atoms with Crippen molar-refractivity contribution in [3.8, 4) is 0 Å². The van der Waals surface area contributed by atoms with Crippen molar-refractivity contribution in [3.63, 3.8) is 0 Å². The zero-order valence-corrected chi connectivity index (χ0v) is 10.4. The van der Waals surface area contributed by atoms with E-state index in [-0.39, 0.29) is 11.3 Å². The monoisotopic (exact) mass is 243 g/mol. The molecule has 0 bridgehead atoms. The zero-order chi connectivity index (χ0) is 13.1. The van der Waals surface area contributed by atoms with Crippen molar-refractivity contribution in [2.24, 2.45) is 0 Å². The van der Waals surface area contributed by atoms with Crippen LogP contribution in [0, 0.1) is 12.7 Å². The Morgan fingerprint density at radius 1 is 1.33 bits per heavy atom. The molecule has 92 valence electrons. The molecule has 0 unspecified atom stereocenters. The molecule has 1 aromatic heterocycles. The molecule has 0 radical (unpaired) electrons. The van der Waals surface area contributed by atoms with Crippen LogP contribution in [0.15, 0.2) is 36.5 Å². The Morgan fingerprint density at radius 3 is 2.83 bits per heavy atom. The lowest BCUT2D eigenvalue weighted by atomic mass is 10.0. The first-order chi connectivity index (χ1) is 8.63. The van der Waals surface area contributed by atoms with Crippen molar-refractivity contribution >= 4 is 5.78 Å². The molecule has 1 heterocycles. The van der Waals surface area contributed by atoms with Crippen molar-refractivity contribution in [1.82, 2.24) is 4.98 Å². The Hall–Kier alpha value is -2.03. The fraction of sp³-hybridized carbons (Fsp3) is 0.200. The smallest absolute Gasteiger partial charge is 0.214 e. The Labute approximate surface area is 105 Å². The van der Waals surface area contributed by atoms with Gasteiger partial charge in [-0.25, -0.2) is 4.39 Å². The van der Waals surface area contributed by atoms with Crippen LogP contribution in [0.2, 0.25) is 0 Å². The highest BCUT2D eigenvalue weighted by atomic mass is 19.1. The third kappa shape index (κ3) is 2.30. The molecule has 0 aliphatic rings. The number of hydrogen-bond donors (Lipinski definition) is 0. The van der Waals surface area contributed by atoms with Gasteiger partial charge in [0.2, 0.25) is 5.78 Å². The number of rotatable bonds is 3. The minimum Gasteiger partial charge on any atom is -0.287 e. The Bertz CT molecular complexity index is 593. The summed E-state index contributed by atoms with van der Waals surface area (Å²) >= 11 is 0. The van der Waals surface area contributed by atoms with E-state index in [1.165, 1.54) is 6.07 Å². The summed E-state index contributed by atoms with van der Waals surface area (Å²) < 4.78 is 13.7. The molecule has 1 aromatic carbocycles. The normalized spacial score (nSPS) is 10.4. The number of aromatic nitrogens is 1. The van der Waals surface area contributed by atoms with Gasteiger partial charge in [-0.15, -0.1) is 0 Å². The summed E-state index contributed by atoms with van der Waals surface area (Å²) in [6.45, 7) is 3.77. The molecule has 0 aliphatic carbocycles. The van der Waals surface area contributed by atoms with Gasteiger partial charge in [-0.3, -0.25) is 9.78 Å². The molecule has 2 rings (SSSR count). The molecule has 0 saturated heterocycles. The quantitative estimate of drug-likeness (QED) is 0.774. The second-order valence-corrected chi connectivity index (χ2v) is 4.18. The van der Waals surface area contributed by atoms with Crippen LogP contribution < -0.4 is 0 Å². The lowest BCUT2D eigenvalue weighted by molar-refractivity contribution is 0.102. The molecule has 0 saturated carbocycles. The van der Waals surface area contributed by atoms with Gasteiger partial charge >= 0.3 is 0 Å². The first-order valence-corrected chi connectivity index (χ1v) is 5.88. The third-order valence-electron chi connectivity index (χ3n) is 2.85. The molecule has 0 amide bonds. The van der Waals surface area contributed by atoms with Crippen molar-refractivity contribution in [2.75, 3.05) is 0 Å². The summed E-state index contributed by atoms with van der Waals surface area (Å²) in [5.74, 6) is -0.855. The number of carbonyl (C=O) groups is 1. The average molecular weight is 243 g/mol. The minimum absolute atomic E-state index is 0.0865. The van der Waals surface area contributed by atoms with Crippen LogP contribution >= 0.6 is 0 Å². The Morgan fingerprint density at radius 2 is 2.11 bits per heavy atom. The molecule has 0 N–H and O–H groups in total. The molecule has 2 aromatic rings. The van der Waals surface area contributed by atoms with E-state index in [2.05, 4.69) is 4.98 Å². The maximum absolute atomic E-state index is 13.7. The highest BCUT2D eigenvalue weighted by molar-refractivity contribution is 6.08. The zero-order valence-electron chi connectivity index (χ0n) is 10.4. The second-order valence-electron chi connectivity index (χ2n) is 4.18. The van der Waals surface area contributed by atoms with Gasteiger partial charge in [0, 0.05) is 6.20 Å². The summed E-state index contributed by atoms with van der Waals surface area (Å²) in [5.41, 5.74) is 2.12. The van der Waals surface area contributed by atoms with Crippen LogP contribution in [0.3, 0.4) is 0 Å². The minimum atomic E-state index is -0.502. The summed E-state index contributed by atoms with van der Waals surface area (Å²) in [4.78, 5) is 16.4. The number of carbonyl (C=O) groups excluding carboxylic acids is 1. The van der Waals surface area contributed by atoms with Crippen molar-refractivity contribution < 1.29 is 9.18 Å². The van der Waals surface area contributed by atoms with E-state index < -0.39 is 5.82 Å². The fourth-order valence-electron chi connectivity index (χ4n) is 1.87. The lowest BCUT2D eigenvalue weighted by Gasteiger charge is -2.07.